The predicted octanol–water partition coefficient (Wildman–Crippen LogP) is 4.72. The summed E-state index contributed by atoms with van der Waals surface area (Å²) < 4.78 is 40.0. The summed E-state index contributed by atoms with van der Waals surface area (Å²) in [6, 6.07) is 5.04. The molecule has 0 radical (unpaired) electrons. The minimum Gasteiger partial charge on any atom is -0.290 e. The van der Waals surface area contributed by atoms with Gasteiger partial charge in [-0.05, 0) is 31.2 Å². The molecule has 5 nitrogen and oxygen atoms in total. The lowest BCUT2D eigenvalue weighted by atomic mass is 9.87. The molecule has 9 heteroatoms. The number of aromatic nitrogens is 4. The van der Waals surface area contributed by atoms with Gasteiger partial charge < -0.3 is 0 Å². The maximum absolute atomic E-state index is 12.9. The summed E-state index contributed by atoms with van der Waals surface area (Å²) in [5.41, 5.74) is 0.246. The number of alkyl halides is 3. The van der Waals surface area contributed by atoms with Gasteiger partial charge in [0.2, 0.25) is 0 Å². The molecule has 0 unspecified atom stereocenters. The molecule has 3 aromatic heterocycles. The molecular formula is C18H16F3N5S. The Labute approximate surface area is 158 Å². The highest BCUT2D eigenvalue weighted by Gasteiger charge is 2.33. The Kier molecular flexibility index (Phi) is 4.86. The fraction of sp³-hybridized carbons (Fsp3) is 0.333. The van der Waals surface area contributed by atoms with Crippen molar-refractivity contribution in [2.75, 3.05) is 5.75 Å². The van der Waals surface area contributed by atoms with E-state index in [4.69, 9.17) is 0 Å². The number of pyridine rings is 1. The Morgan fingerprint density at radius 1 is 1.22 bits per heavy atom. The van der Waals surface area contributed by atoms with Gasteiger partial charge in [0, 0.05) is 23.4 Å². The molecule has 0 aliphatic heterocycles. The number of hydrogen-bond acceptors (Lipinski definition) is 5. The first-order valence-corrected chi connectivity index (χ1v) is 9.11. The van der Waals surface area contributed by atoms with E-state index < -0.39 is 17.3 Å². The molecule has 3 aromatic rings. The highest BCUT2D eigenvalue weighted by Crippen LogP contribution is 2.34. The van der Waals surface area contributed by atoms with Crippen LogP contribution >= 0.6 is 11.8 Å². The normalized spacial score (nSPS) is 12.3. The standard InChI is InChI=1S/C18H16F3N5S/c1-4-27-13-5-11(17(2,3)9-22)7-23-16(13)12-8-26-10-24-14(18(19,20)21)6-15(26)25-12/h5-8,10H,4H2,1-3H3. The lowest BCUT2D eigenvalue weighted by Gasteiger charge is -2.17. The van der Waals surface area contributed by atoms with Crippen molar-refractivity contribution in [1.82, 2.24) is 19.4 Å². The van der Waals surface area contributed by atoms with Crippen molar-refractivity contribution in [3.05, 3.63) is 42.1 Å². The molecular weight excluding hydrogens is 375 g/mol. The van der Waals surface area contributed by atoms with Crippen LogP contribution < -0.4 is 0 Å². The van der Waals surface area contributed by atoms with Gasteiger partial charge in [0.05, 0.1) is 11.5 Å². The minimum atomic E-state index is -4.53. The average molecular weight is 391 g/mol. The van der Waals surface area contributed by atoms with Crippen LogP contribution in [0.1, 0.15) is 32.0 Å². The Balaban J connectivity index is 2.11. The van der Waals surface area contributed by atoms with E-state index in [-0.39, 0.29) is 5.65 Å². The van der Waals surface area contributed by atoms with Crippen molar-refractivity contribution in [1.29, 1.82) is 5.26 Å². The molecule has 0 saturated heterocycles. The SMILES string of the molecule is CCSc1cc(C(C)(C)C#N)cnc1-c1cn2cnc(C(F)(F)F)cc2n1. The fourth-order valence-electron chi connectivity index (χ4n) is 2.47. The summed E-state index contributed by atoms with van der Waals surface area (Å²) >= 11 is 1.54. The van der Waals surface area contributed by atoms with Gasteiger partial charge in [-0.1, -0.05) is 6.92 Å². The third-order valence-corrected chi connectivity index (χ3v) is 4.95. The summed E-state index contributed by atoms with van der Waals surface area (Å²) in [5.74, 6) is 0.776. The van der Waals surface area contributed by atoms with Gasteiger partial charge in [-0.2, -0.15) is 18.4 Å². The van der Waals surface area contributed by atoms with Gasteiger partial charge in [-0.3, -0.25) is 9.38 Å². The van der Waals surface area contributed by atoms with Gasteiger partial charge >= 0.3 is 6.18 Å². The molecule has 140 valence electrons. The number of hydrogen-bond donors (Lipinski definition) is 0. The van der Waals surface area contributed by atoms with Gasteiger partial charge in [0.1, 0.15) is 29.1 Å². The van der Waals surface area contributed by atoms with Crippen molar-refractivity contribution in [3.8, 4) is 17.5 Å². The number of nitrogens with zero attached hydrogens (tertiary/aromatic N) is 5. The van der Waals surface area contributed by atoms with E-state index >= 15 is 0 Å². The maximum Gasteiger partial charge on any atom is 0.433 e. The number of imidazole rings is 1. The Morgan fingerprint density at radius 3 is 2.59 bits per heavy atom. The molecule has 3 heterocycles. The van der Waals surface area contributed by atoms with Crippen LogP contribution in [0.3, 0.4) is 0 Å². The summed E-state index contributed by atoms with van der Waals surface area (Å²) in [6.45, 7) is 5.60. The molecule has 0 aliphatic carbocycles. The smallest absolute Gasteiger partial charge is 0.290 e. The first-order chi connectivity index (χ1) is 12.7. The first kappa shape index (κ1) is 19.2. The molecule has 0 amide bonds. The van der Waals surface area contributed by atoms with Crippen molar-refractivity contribution in [2.45, 2.75) is 37.3 Å². The number of rotatable bonds is 4. The Bertz CT molecular complexity index is 1030. The van der Waals surface area contributed by atoms with Crippen LogP contribution in [0.2, 0.25) is 0 Å². The van der Waals surface area contributed by atoms with Crippen LogP contribution in [-0.4, -0.2) is 25.1 Å². The second kappa shape index (κ2) is 6.85. The van der Waals surface area contributed by atoms with Crippen LogP contribution in [0.5, 0.6) is 0 Å². The molecule has 0 fully saturated rings. The zero-order valence-electron chi connectivity index (χ0n) is 14.9. The van der Waals surface area contributed by atoms with Crippen LogP contribution in [0.25, 0.3) is 17.0 Å². The van der Waals surface area contributed by atoms with Gasteiger partial charge in [0.15, 0.2) is 0 Å². The maximum atomic E-state index is 12.9. The number of fused-ring (bicyclic) bond motifs is 1. The second-order valence-electron chi connectivity index (χ2n) is 6.40. The van der Waals surface area contributed by atoms with E-state index in [1.807, 2.05) is 13.0 Å². The van der Waals surface area contributed by atoms with Gasteiger partial charge in [0.25, 0.3) is 0 Å². The van der Waals surface area contributed by atoms with Crippen LogP contribution in [-0.2, 0) is 11.6 Å². The molecule has 0 atom stereocenters. The highest BCUT2D eigenvalue weighted by molar-refractivity contribution is 7.99. The van der Waals surface area contributed by atoms with E-state index in [0.717, 1.165) is 28.6 Å². The molecule has 0 bridgehead atoms. The summed E-state index contributed by atoms with van der Waals surface area (Å²) in [5, 5.41) is 9.34. The minimum absolute atomic E-state index is 0.142. The quantitative estimate of drug-likeness (QED) is 0.602. The third kappa shape index (κ3) is 3.76. The van der Waals surface area contributed by atoms with E-state index in [1.165, 1.54) is 16.2 Å². The molecule has 3 rings (SSSR count). The van der Waals surface area contributed by atoms with E-state index in [2.05, 4.69) is 21.0 Å². The third-order valence-electron chi connectivity index (χ3n) is 4.03. The summed E-state index contributed by atoms with van der Waals surface area (Å²) in [4.78, 5) is 13.0. The van der Waals surface area contributed by atoms with Crippen molar-refractivity contribution < 1.29 is 13.2 Å². The zero-order valence-corrected chi connectivity index (χ0v) is 15.7. The fourth-order valence-corrected chi connectivity index (χ4v) is 3.28. The Hall–Kier alpha value is -2.60. The lowest BCUT2D eigenvalue weighted by Crippen LogP contribution is -2.14. The summed E-state index contributed by atoms with van der Waals surface area (Å²) in [6.07, 6.45) is -0.227. The second-order valence-corrected chi connectivity index (χ2v) is 7.71. The first-order valence-electron chi connectivity index (χ1n) is 8.12. The largest absolute Gasteiger partial charge is 0.433 e. The molecule has 0 spiro atoms. The molecule has 0 N–H and O–H groups in total. The van der Waals surface area contributed by atoms with Crippen LogP contribution in [0.4, 0.5) is 13.2 Å². The van der Waals surface area contributed by atoms with Crippen LogP contribution in [0, 0.1) is 11.3 Å². The van der Waals surface area contributed by atoms with Crippen molar-refractivity contribution >= 4 is 17.4 Å². The lowest BCUT2D eigenvalue weighted by molar-refractivity contribution is -0.141. The monoisotopic (exact) mass is 391 g/mol. The van der Waals surface area contributed by atoms with Gasteiger partial charge in [-0.25, -0.2) is 9.97 Å². The molecule has 0 saturated carbocycles. The number of halogens is 3. The van der Waals surface area contributed by atoms with E-state index in [0.29, 0.717) is 11.4 Å². The summed E-state index contributed by atoms with van der Waals surface area (Å²) in [7, 11) is 0. The topological polar surface area (TPSA) is 66.9 Å². The zero-order chi connectivity index (χ0) is 19.8. The average Bonchev–Trinajstić information content (AvgIpc) is 3.04. The Morgan fingerprint density at radius 2 is 1.96 bits per heavy atom. The van der Waals surface area contributed by atoms with Gasteiger partial charge in [-0.15, -0.1) is 11.8 Å². The van der Waals surface area contributed by atoms with E-state index in [9.17, 15) is 18.4 Å². The highest BCUT2D eigenvalue weighted by atomic mass is 32.2. The predicted molar refractivity (Wildman–Crippen MR) is 96.3 cm³/mol. The number of nitriles is 1. The molecule has 0 aliphatic rings. The van der Waals surface area contributed by atoms with Crippen molar-refractivity contribution in [3.63, 3.8) is 0 Å². The van der Waals surface area contributed by atoms with Crippen LogP contribution in [0.15, 0.2) is 35.7 Å². The van der Waals surface area contributed by atoms with E-state index in [1.54, 1.807) is 26.2 Å². The number of thioether (sulfide) groups is 1. The molecule has 0 aromatic carbocycles. The van der Waals surface area contributed by atoms with Crippen molar-refractivity contribution in [2.24, 2.45) is 0 Å². The molecule has 27 heavy (non-hydrogen) atoms.